The van der Waals surface area contributed by atoms with Gasteiger partial charge in [-0.3, -0.25) is 9.88 Å². The Hall–Kier alpha value is -0.930. The third-order valence-electron chi connectivity index (χ3n) is 4.90. The lowest BCUT2D eigenvalue weighted by molar-refractivity contribution is 0.0530. The molecule has 1 aliphatic carbocycles. The first-order valence-corrected chi connectivity index (χ1v) is 7.60. The minimum atomic E-state index is 0.215. The quantitative estimate of drug-likeness (QED) is 0.856. The number of hydrogen-bond donors (Lipinski definition) is 1. The van der Waals surface area contributed by atoms with E-state index in [1.807, 2.05) is 12.4 Å². The number of hydrogen-bond acceptors (Lipinski definition) is 3. The Balaban J connectivity index is 2.19. The zero-order chi connectivity index (χ0) is 13.7. The maximum atomic E-state index is 6.21. The average Bonchev–Trinajstić information content (AvgIpc) is 2.89. The highest BCUT2D eigenvalue weighted by molar-refractivity contribution is 5.12. The van der Waals surface area contributed by atoms with Crippen molar-refractivity contribution in [2.45, 2.75) is 51.6 Å². The van der Waals surface area contributed by atoms with Gasteiger partial charge in [-0.15, -0.1) is 0 Å². The molecule has 0 amide bonds. The summed E-state index contributed by atoms with van der Waals surface area (Å²) >= 11 is 0. The van der Waals surface area contributed by atoms with Crippen LogP contribution in [0.25, 0.3) is 0 Å². The van der Waals surface area contributed by atoms with Crippen molar-refractivity contribution in [1.82, 2.24) is 9.88 Å². The van der Waals surface area contributed by atoms with Gasteiger partial charge in [0.2, 0.25) is 0 Å². The maximum Gasteiger partial charge on any atom is 0.0363 e. The molecule has 1 aromatic heterocycles. The lowest BCUT2D eigenvalue weighted by Crippen LogP contribution is -2.55. The van der Waals surface area contributed by atoms with Gasteiger partial charge in [0.15, 0.2) is 0 Å². The Labute approximate surface area is 117 Å². The molecule has 1 aliphatic rings. The molecule has 0 radical (unpaired) electrons. The van der Waals surface area contributed by atoms with Gasteiger partial charge in [-0.1, -0.05) is 26.7 Å². The first-order valence-electron chi connectivity index (χ1n) is 7.60. The van der Waals surface area contributed by atoms with Crippen LogP contribution in [0.3, 0.4) is 0 Å². The summed E-state index contributed by atoms with van der Waals surface area (Å²) in [5, 5.41) is 0. The summed E-state index contributed by atoms with van der Waals surface area (Å²) in [5.41, 5.74) is 7.77. The SMILES string of the molecule is CCC1CCCC1(CN)N(CC)Cc1ccncc1. The fraction of sp³-hybridized carbons (Fsp3) is 0.688. The molecule has 1 saturated carbocycles. The smallest absolute Gasteiger partial charge is 0.0363 e. The molecule has 0 saturated heterocycles. The molecule has 0 spiro atoms. The minimum absolute atomic E-state index is 0.215. The van der Waals surface area contributed by atoms with E-state index in [1.54, 1.807) is 0 Å². The van der Waals surface area contributed by atoms with Crippen LogP contribution in [0.2, 0.25) is 0 Å². The van der Waals surface area contributed by atoms with E-state index in [-0.39, 0.29) is 5.54 Å². The van der Waals surface area contributed by atoms with Crippen molar-refractivity contribution in [2.24, 2.45) is 11.7 Å². The summed E-state index contributed by atoms with van der Waals surface area (Å²) < 4.78 is 0. The molecular weight excluding hydrogens is 234 g/mol. The van der Waals surface area contributed by atoms with Gasteiger partial charge < -0.3 is 5.73 Å². The summed E-state index contributed by atoms with van der Waals surface area (Å²) in [6.45, 7) is 7.40. The molecule has 0 aliphatic heterocycles. The van der Waals surface area contributed by atoms with Crippen LogP contribution >= 0.6 is 0 Å². The normalized spacial score (nSPS) is 27.1. The largest absolute Gasteiger partial charge is 0.329 e. The van der Waals surface area contributed by atoms with E-state index < -0.39 is 0 Å². The number of rotatable bonds is 6. The van der Waals surface area contributed by atoms with Crippen LogP contribution in [0.5, 0.6) is 0 Å². The predicted molar refractivity (Wildman–Crippen MR) is 79.7 cm³/mol. The van der Waals surface area contributed by atoms with Gasteiger partial charge in [0.25, 0.3) is 0 Å². The van der Waals surface area contributed by atoms with E-state index in [1.165, 1.54) is 31.2 Å². The van der Waals surface area contributed by atoms with Gasteiger partial charge in [0, 0.05) is 31.0 Å². The topological polar surface area (TPSA) is 42.1 Å². The number of pyridine rings is 1. The summed E-state index contributed by atoms with van der Waals surface area (Å²) in [5.74, 6) is 0.749. The molecule has 2 rings (SSSR count). The van der Waals surface area contributed by atoms with Crippen molar-refractivity contribution in [3.05, 3.63) is 30.1 Å². The number of nitrogens with zero attached hydrogens (tertiary/aromatic N) is 2. The van der Waals surface area contributed by atoms with Crippen LogP contribution < -0.4 is 5.73 Å². The Morgan fingerprint density at radius 3 is 2.68 bits per heavy atom. The molecule has 3 nitrogen and oxygen atoms in total. The summed E-state index contributed by atoms with van der Waals surface area (Å²) in [6, 6.07) is 4.23. The van der Waals surface area contributed by atoms with E-state index in [4.69, 9.17) is 5.73 Å². The monoisotopic (exact) mass is 261 g/mol. The molecule has 1 fully saturated rings. The van der Waals surface area contributed by atoms with Crippen LogP contribution in [0.4, 0.5) is 0 Å². The molecule has 2 N–H and O–H groups in total. The first kappa shape index (κ1) is 14.5. The highest BCUT2D eigenvalue weighted by Gasteiger charge is 2.44. The molecule has 2 atom stereocenters. The third-order valence-corrected chi connectivity index (χ3v) is 4.90. The zero-order valence-corrected chi connectivity index (χ0v) is 12.3. The fourth-order valence-electron chi connectivity index (χ4n) is 3.82. The van der Waals surface area contributed by atoms with Crippen LogP contribution in [-0.4, -0.2) is 28.5 Å². The van der Waals surface area contributed by atoms with Crippen LogP contribution in [-0.2, 0) is 6.54 Å². The summed E-state index contributed by atoms with van der Waals surface area (Å²) in [7, 11) is 0. The Bertz CT molecular complexity index is 379. The van der Waals surface area contributed by atoms with E-state index in [9.17, 15) is 0 Å². The molecular formula is C16H27N3. The van der Waals surface area contributed by atoms with Crippen molar-refractivity contribution in [2.75, 3.05) is 13.1 Å². The molecule has 1 aromatic rings. The first-order chi connectivity index (χ1) is 9.26. The van der Waals surface area contributed by atoms with Crippen molar-refractivity contribution in [3.63, 3.8) is 0 Å². The van der Waals surface area contributed by atoms with Crippen molar-refractivity contribution in [1.29, 1.82) is 0 Å². The summed E-state index contributed by atoms with van der Waals surface area (Å²) in [6.07, 6.45) is 8.91. The lowest BCUT2D eigenvalue weighted by atomic mass is 9.83. The molecule has 1 heterocycles. The molecule has 3 heteroatoms. The number of nitrogens with two attached hydrogens (primary N) is 1. The Morgan fingerprint density at radius 1 is 1.37 bits per heavy atom. The summed E-state index contributed by atoms with van der Waals surface area (Å²) in [4.78, 5) is 6.70. The number of likely N-dealkylation sites (N-methyl/N-ethyl adjacent to an activating group) is 1. The zero-order valence-electron chi connectivity index (χ0n) is 12.3. The van der Waals surface area contributed by atoms with Gasteiger partial charge >= 0.3 is 0 Å². The van der Waals surface area contributed by atoms with Crippen molar-refractivity contribution >= 4 is 0 Å². The van der Waals surface area contributed by atoms with Gasteiger partial charge in [0.1, 0.15) is 0 Å². The van der Waals surface area contributed by atoms with Gasteiger partial charge in [-0.25, -0.2) is 0 Å². The van der Waals surface area contributed by atoms with E-state index in [0.717, 1.165) is 25.6 Å². The van der Waals surface area contributed by atoms with Crippen molar-refractivity contribution in [3.8, 4) is 0 Å². The van der Waals surface area contributed by atoms with E-state index in [2.05, 4.69) is 35.9 Å². The molecule has 2 unspecified atom stereocenters. The van der Waals surface area contributed by atoms with Crippen LogP contribution in [0.1, 0.15) is 45.1 Å². The highest BCUT2D eigenvalue weighted by atomic mass is 15.2. The number of aromatic nitrogens is 1. The second-order valence-electron chi connectivity index (χ2n) is 5.67. The van der Waals surface area contributed by atoms with E-state index in [0.29, 0.717) is 0 Å². The standard InChI is InChI=1S/C16H27N3/c1-3-15-6-5-9-16(15,13-17)19(4-2)12-14-7-10-18-11-8-14/h7-8,10-11,15H,3-6,9,12-13,17H2,1-2H3. The molecule has 19 heavy (non-hydrogen) atoms. The molecule has 0 aromatic carbocycles. The third kappa shape index (κ3) is 2.82. The van der Waals surface area contributed by atoms with Gasteiger partial charge in [0.05, 0.1) is 0 Å². The Morgan fingerprint density at radius 2 is 2.11 bits per heavy atom. The second kappa shape index (κ2) is 6.49. The fourth-order valence-corrected chi connectivity index (χ4v) is 3.82. The van der Waals surface area contributed by atoms with Crippen LogP contribution in [0.15, 0.2) is 24.5 Å². The highest BCUT2D eigenvalue weighted by Crippen LogP contribution is 2.42. The van der Waals surface area contributed by atoms with Crippen molar-refractivity contribution < 1.29 is 0 Å². The minimum Gasteiger partial charge on any atom is -0.329 e. The Kier molecular flexibility index (Phi) is 4.94. The van der Waals surface area contributed by atoms with Gasteiger partial charge in [-0.2, -0.15) is 0 Å². The second-order valence-corrected chi connectivity index (χ2v) is 5.67. The van der Waals surface area contributed by atoms with Crippen LogP contribution in [0, 0.1) is 5.92 Å². The van der Waals surface area contributed by atoms with E-state index >= 15 is 0 Å². The maximum absolute atomic E-state index is 6.21. The molecule has 0 bridgehead atoms. The predicted octanol–water partition coefficient (Wildman–Crippen LogP) is 2.81. The average molecular weight is 261 g/mol. The molecule has 106 valence electrons. The van der Waals surface area contributed by atoms with Gasteiger partial charge in [-0.05, 0) is 43.0 Å². The lowest BCUT2D eigenvalue weighted by Gasteiger charge is -2.44.